The van der Waals surface area contributed by atoms with Crippen molar-refractivity contribution in [3.63, 3.8) is 0 Å². The highest BCUT2D eigenvalue weighted by Crippen LogP contribution is 2.08. The Morgan fingerprint density at radius 2 is 2.06 bits per heavy atom. The molecule has 4 nitrogen and oxygen atoms in total. The van der Waals surface area contributed by atoms with Gasteiger partial charge in [-0.1, -0.05) is 37.3 Å². The first-order chi connectivity index (χ1) is 8.72. The van der Waals surface area contributed by atoms with Gasteiger partial charge in [0.2, 0.25) is 5.91 Å². The van der Waals surface area contributed by atoms with Crippen LogP contribution in [-0.4, -0.2) is 12.5 Å². The third-order valence-electron chi connectivity index (χ3n) is 2.79. The molecule has 0 radical (unpaired) electrons. The Labute approximate surface area is 108 Å². The van der Waals surface area contributed by atoms with Crippen molar-refractivity contribution in [3.8, 4) is 0 Å². The van der Waals surface area contributed by atoms with Crippen LogP contribution in [0.2, 0.25) is 0 Å². The molecule has 0 heterocycles. The summed E-state index contributed by atoms with van der Waals surface area (Å²) in [5.74, 6) is 0.407. The lowest BCUT2D eigenvalue weighted by Gasteiger charge is -2.10. The lowest BCUT2D eigenvalue weighted by atomic mass is 10.0. The Hall–Kier alpha value is -1.39. The highest BCUT2D eigenvalue weighted by molar-refractivity contribution is 5.74. The summed E-state index contributed by atoms with van der Waals surface area (Å²) in [6.07, 6.45) is 2.28. The van der Waals surface area contributed by atoms with E-state index in [2.05, 4.69) is 12.4 Å². The molecule has 100 valence electrons. The molecule has 3 N–H and O–H groups in total. The van der Waals surface area contributed by atoms with Gasteiger partial charge in [-0.05, 0) is 30.9 Å². The maximum atomic E-state index is 11.5. The molecule has 1 rings (SSSR count). The zero-order valence-corrected chi connectivity index (χ0v) is 10.9. The van der Waals surface area contributed by atoms with Crippen molar-refractivity contribution in [2.24, 2.45) is 11.7 Å². The van der Waals surface area contributed by atoms with Crippen LogP contribution in [0, 0.1) is 5.92 Å². The van der Waals surface area contributed by atoms with Gasteiger partial charge in [0, 0.05) is 6.42 Å². The first kappa shape index (κ1) is 14.7. The molecule has 0 saturated carbocycles. The summed E-state index contributed by atoms with van der Waals surface area (Å²) >= 11 is 0. The van der Waals surface area contributed by atoms with E-state index in [0.29, 0.717) is 25.5 Å². The van der Waals surface area contributed by atoms with Crippen LogP contribution in [0.1, 0.15) is 31.7 Å². The molecule has 0 aliphatic rings. The summed E-state index contributed by atoms with van der Waals surface area (Å²) in [7, 11) is 0. The molecule has 0 aliphatic carbocycles. The van der Waals surface area contributed by atoms with Crippen molar-refractivity contribution >= 4 is 5.91 Å². The average molecular weight is 250 g/mol. The van der Waals surface area contributed by atoms with Gasteiger partial charge in [0.25, 0.3) is 0 Å². The second-order valence-electron chi connectivity index (χ2n) is 4.52. The molecule has 0 fully saturated rings. The van der Waals surface area contributed by atoms with Gasteiger partial charge in [-0.25, -0.2) is 5.48 Å². The summed E-state index contributed by atoms with van der Waals surface area (Å²) < 4.78 is 0. The van der Waals surface area contributed by atoms with E-state index in [-0.39, 0.29) is 5.91 Å². The number of rotatable bonds is 8. The Balaban J connectivity index is 2.10. The highest BCUT2D eigenvalue weighted by Gasteiger charge is 2.06. The lowest BCUT2D eigenvalue weighted by Crippen LogP contribution is -2.24. The monoisotopic (exact) mass is 250 g/mol. The van der Waals surface area contributed by atoms with Crippen molar-refractivity contribution in [2.45, 2.75) is 32.8 Å². The van der Waals surface area contributed by atoms with Crippen LogP contribution >= 0.6 is 0 Å². The van der Waals surface area contributed by atoms with Crippen molar-refractivity contribution < 1.29 is 9.63 Å². The van der Waals surface area contributed by atoms with Gasteiger partial charge >= 0.3 is 0 Å². The molecule has 1 unspecified atom stereocenters. The maximum Gasteiger partial charge on any atom is 0.243 e. The van der Waals surface area contributed by atoms with E-state index in [1.54, 1.807) is 0 Å². The third-order valence-corrected chi connectivity index (χ3v) is 2.79. The maximum absolute atomic E-state index is 11.5. The zero-order valence-electron chi connectivity index (χ0n) is 10.9. The van der Waals surface area contributed by atoms with Crippen molar-refractivity contribution in [2.75, 3.05) is 6.54 Å². The van der Waals surface area contributed by atoms with Crippen LogP contribution in [0.25, 0.3) is 0 Å². The molecule has 0 aromatic heterocycles. The van der Waals surface area contributed by atoms with Gasteiger partial charge in [-0.3, -0.25) is 9.63 Å². The molecular formula is C14H22N2O2. The fourth-order valence-electron chi connectivity index (χ4n) is 1.63. The van der Waals surface area contributed by atoms with Gasteiger partial charge in [0.1, 0.15) is 0 Å². The number of amides is 1. The normalized spacial score (nSPS) is 12.1. The Bertz CT molecular complexity index is 341. The minimum atomic E-state index is -0.0743. The number of hydroxylamine groups is 1. The molecule has 0 saturated heterocycles. The number of nitrogens with two attached hydrogens (primary N) is 1. The summed E-state index contributed by atoms with van der Waals surface area (Å²) in [6, 6.07) is 9.73. The molecule has 1 amide bonds. The van der Waals surface area contributed by atoms with Gasteiger partial charge in [0.05, 0.1) is 6.61 Å². The summed E-state index contributed by atoms with van der Waals surface area (Å²) in [6.45, 7) is 3.17. The largest absolute Gasteiger partial charge is 0.330 e. The number of hydrogen-bond donors (Lipinski definition) is 2. The third kappa shape index (κ3) is 6.37. The quantitative estimate of drug-likeness (QED) is 0.694. The Kier molecular flexibility index (Phi) is 7.06. The Morgan fingerprint density at radius 1 is 1.33 bits per heavy atom. The SMILES string of the molecule is CC(CCN)CCC(=O)NOCc1ccccc1. The van der Waals surface area contributed by atoms with Crippen LogP contribution in [0.5, 0.6) is 0 Å². The van der Waals surface area contributed by atoms with Crippen LogP contribution in [0.3, 0.4) is 0 Å². The fourth-order valence-corrected chi connectivity index (χ4v) is 1.63. The van der Waals surface area contributed by atoms with Crippen LogP contribution in [-0.2, 0) is 16.2 Å². The molecule has 0 bridgehead atoms. The standard InChI is InChI=1S/C14H22N2O2/c1-12(9-10-15)7-8-14(17)16-18-11-13-5-3-2-4-6-13/h2-6,12H,7-11,15H2,1H3,(H,16,17). The predicted molar refractivity (Wildman–Crippen MR) is 71.4 cm³/mol. The summed E-state index contributed by atoms with van der Waals surface area (Å²) in [5, 5.41) is 0. The molecule has 1 atom stereocenters. The van der Waals surface area contributed by atoms with Crippen molar-refractivity contribution in [1.29, 1.82) is 0 Å². The highest BCUT2D eigenvalue weighted by atomic mass is 16.6. The molecule has 18 heavy (non-hydrogen) atoms. The number of nitrogens with one attached hydrogen (secondary N) is 1. The molecule has 0 aliphatic heterocycles. The van der Waals surface area contributed by atoms with Crippen LogP contribution < -0.4 is 11.2 Å². The second kappa shape index (κ2) is 8.66. The van der Waals surface area contributed by atoms with Gasteiger partial charge < -0.3 is 5.73 Å². The van der Waals surface area contributed by atoms with E-state index in [1.807, 2.05) is 30.3 Å². The van der Waals surface area contributed by atoms with E-state index in [4.69, 9.17) is 10.6 Å². The first-order valence-corrected chi connectivity index (χ1v) is 6.37. The molecular weight excluding hydrogens is 228 g/mol. The zero-order chi connectivity index (χ0) is 13.2. The predicted octanol–water partition coefficient (Wildman–Crippen LogP) is 2.00. The number of carbonyl (C=O) groups excluding carboxylic acids is 1. The van der Waals surface area contributed by atoms with Gasteiger partial charge in [-0.15, -0.1) is 0 Å². The smallest absolute Gasteiger partial charge is 0.243 e. The van der Waals surface area contributed by atoms with E-state index < -0.39 is 0 Å². The lowest BCUT2D eigenvalue weighted by molar-refractivity contribution is -0.134. The minimum absolute atomic E-state index is 0.0743. The Morgan fingerprint density at radius 3 is 2.72 bits per heavy atom. The van der Waals surface area contributed by atoms with E-state index in [1.165, 1.54) is 0 Å². The van der Waals surface area contributed by atoms with Gasteiger partial charge in [0.15, 0.2) is 0 Å². The first-order valence-electron chi connectivity index (χ1n) is 6.37. The summed E-state index contributed by atoms with van der Waals surface area (Å²) in [5.41, 5.74) is 8.95. The number of hydrogen-bond acceptors (Lipinski definition) is 3. The van der Waals surface area contributed by atoms with Crippen LogP contribution in [0.15, 0.2) is 30.3 Å². The average Bonchev–Trinajstić information content (AvgIpc) is 2.38. The fraction of sp³-hybridized carbons (Fsp3) is 0.500. The van der Waals surface area contributed by atoms with Gasteiger partial charge in [-0.2, -0.15) is 0 Å². The topological polar surface area (TPSA) is 64.4 Å². The molecule has 0 spiro atoms. The molecule has 4 heteroatoms. The van der Waals surface area contributed by atoms with E-state index in [0.717, 1.165) is 18.4 Å². The molecule has 1 aromatic rings. The second-order valence-corrected chi connectivity index (χ2v) is 4.52. The van der Waals surface area contributed by atoms with Crippen molar-refractivity contribution in [3.05, 3.63) is 35.9 Å². The van der Waals surface area contributed by atoms with Crippen molar-refractivity contribution in [1.82, 2.24) is 5.48 Å². The minimum Gasteiger partial charge on any atom is -0.330 e. The van der Waals surface area contributed by atoms with E-state index >= 15 is 0 Å². The number of carbonyl (C=O) groups is 1. The molecule has 1 aromatic carbocycles. The van der Waals surface area contributed by atoms with E-state index in [9.17, 15) is 4.79 Å². The summed E-state index contributed by atoms with van der Waals surface area (Å²) in [4.78, 5) is 16.6. The van der Waals surface area contributed by atoms with Crippen LogP contribution in [0.4, 0.5) is 0 Å². The number of benzene rings is 1.